The standard InChI is InChI=1S/3C22H49Si2.Cr/c3*1-8-15-22(23(16-9-2,17-10-3)18-11-4)24(19-12-5,20-13-6)21-14-7;/h3*8-21H2,1-7H3;/q3*-1;+3. The van der Waals surface area contributed by atoms with E-state index in [-0.39, 0.29) is 17.4 Å². The molecule has 73 heavy (non-hydrogen) atoms. The molecule has 0 aliphatic carbocycles. The van der Waals surface area contributed by atoms with E-state index in [1.54, 1.807) is 109 Å². The Morgan fingerprint density at radius 3 is 0.288 bits per heavy atom. The van der Waals surface area contributed by atoms with Crippen molar-refractivity contribution < 1.29 is 17.4 Å². The van der Waals surface area contributed by atoms with Gasteiger partial charge in [-0.1, -0.05) is 437 Å². The minimum atomic E-state index is -1.21. The van der Waals surface area contributed by atoms with E-state index in [0.717, 1.165) is 0 Å². The molecule has 0 bridgehead atoms. The smallest absolute Gasteiger partial charge is 0.311 e. The Kier molecular flexibility index (Phi) is 55.3. The molecule has 7 heteroatoms. The summed E-state index contributed by atoms with van der Waals surface area (Å²) in [5.41, 5.74) is 0. The van der Waals surface area contributed by atoms with Gasteiger partial charge in [0.1, 0.15) is 0 Å². The molecular formula is C66H147CrSi6. The first-order chi connectivity index (χ1) is 34.7. The maximum Gasteiger partial charge on any atom is 3.00 e. The first kappa shape index (κ1) is 81.3. The fourth-order valence-corrected chi connectivity index (χ4v) is 69.7. The SMILES string of the molecule is CCC[C-]([Si](CCC)(CCC)CCC)[Si](CCC)(CCC)CCC.CCC[C-]([Si](CCC)(CCC)CCC)[Si](CCC)(CCC)CCC.CCC[C-]([Si](CCC)(CCC)CCC)[Si](CCC)(CCC)CCC.[Cr+3]. The average molecular weight is 1160 g/mol. The van der Waals surface area contributed by atoms with Gasteiger partial charge < -0.3 is 15.5 Å². The van der Waals surface area contributed by atoms with Gasteiger partial charge in [0.05, 0.1) is 0 Å². The van der Waals surface area contributed by atoms with Crippen LogP contribution in [0, 0.1) is 15.5 Å². The summed E-state index contributed by atoms with van der Waals surface area (Å²) in [5.74, 6) is 0. The summed E-state index contributed by atoms with van der Waals surface area (Å²) in [7, 11) is -7.29. The predicted octanol–water partition coefficient (Wildman–Crippen LogP) is 26.4. The fourth-order valence-electron chi connectivity index (χ4n) is 17.6. The van der Waals surface area contributed by atoms with E-state index in [2.05, 4.69) is 161 Å². The molecule has 0 atom stereocenters. The second kappa shape index (κ2) is 49.6. The van der Waals surface area contributed by atoms with Crippen molar-refractivity contribution in [1.82, 2.24) is 0 Å². The second-order valence-corrected chi connectivity index (χ2v) is 54.4. The van der Waals surface area contributed by atoms with Gasteiger partial charge in [-0.2, -0.15) is 19.3 Å². The molecule has 0 amide bonds. The zero-order valence-electron chi connectivity index (χ0n) is 55.6. The molecule has 441 valence electrons. The molecule has 0 saturated carbocycles. The third kappa shape index (κ3) is 27.0. The van der Waals surface area contributed by atoms with Gasteiger partial charge in [0, 0.05) is 0 Å². The van der Waals surface area contributed by atoms with Gasteiger partial charge in [0.2, 0.25) is 0 Å². The molecule has 1 radical (unpaired) electrons. The Morgan fingerprint density at radius 2 is 0.233 bits per heavy atom. The van der Waals surface area contributed by atoms with Crippen molar-refractivity contribution >= 4 is 48.4 Å². The molecule has 0 aliphatic rings. The molecule has 0 aromatic rings. The summed E-state index contributed by atoms with van der Waals surface area (Å²) >= 11 is 0. The van der Waals surface area contributed by atoms with E-state index in [1.807, 2.05) is 0 Å². The van der Waals surface area contributed by atoms with Gasteiger partial charge in [0.15, 0.2) is 0 Å². The van der Waals surface area contributed by atoms with Crippen molar-refractivity contribution in [3.05, 3.63) is 15.5 Å². The zero-order valence-corrected chi connectivity index (χ0v) is 62.9. The normalized spacial score (nSPS) is 12.8. The zero-order chi connectivity index (χ0) is 55.4. The van der Waals surface area contributed by atoms with E-state index in [1.165, 1.54) is 154 Å². The maximum absolute atomic E-state index is 2.46. The summed E-state index contributed by atoms with van der Waals surface area (Å²) in [6.45, 7) is 51.6. The van der Waals surface area contributed by atoms with Gasteiger partial charge in [0.25, 0.3) is 0 Å². The first-order valence-electron chi connectivity index (χ1n) is 34.3. The van der Waals surface area contributed by atoms with Crippen molar-refractivity contribution in [1.29, 1.82) is 0 Å². The molecule has 0 nitrogen and oxygen atoms in total. The third-order valence-corrected chi connectivity index (χ3v) is 63.4. The van der Waals surface area contributed by atoms with Crippen LogP contribution in [0.25, 0.3) is 0 Å². The molecule has 0 fully saturated rings. The molecule has 0 unspecified atom stereocenters. The maximum atomic E-state index is 2.46. The van der Waals surface area contributed by atoms with Gasteiger partial charge in [-0.3, -0.25) is 0 Å². The minimum Gasteiger partial charge on any atom is -0.311 e. The van der Waals surface area contributed by atoms with E-state index < -0.39 is 48.4 Å². The van der Waals surface area contributed by atoms with Crippen LogP contribution in [0.5, 0.6) is 0 Å². The van der Waals surface area contributed by atoms with Crippen molar-refractivity contribution in [2.24, 2.45) is 0 Å². The topological polar surface area (TPSA) is 0 Å². The van der Waals surface area contributed by atoms with Crippen LogP contribution in [0.1, 0.15) is 299 Å². The van der Waals surface area contributed by atoms with E-state index in [0.29, 0.717) is 0 Å². The Morgan fingerprint density at radius 1 is 0.151 bits per heavy atom. The summed E-state index contributed by atoms with van der Waals surface area (Å²) in [5, 5.41) is 6.86. The van der Waals surface area contributed by atoms with Gasteiger partial charge in [-0.05, 0) is 0 Å². The van der Waals surface area contributed by atoms with Crippen LogP contribution < -0.4 is 0 Å². The fraction of sp³-hybridized carbons (Fsp3) is 0.955. The van der Waals surface area contributed by atoms with Crippen LogP contribution >= 0.6 is 0 Å². The Labute approximate surface area is 486 Å². The number of hydrogen-bond acceptors (Lipinski definition) is 0. The van der Waals surface area contributed by atoms with Crippen LogP contribution in [0.4, 0.5) is 0 Å². The van der Waals surface area contributed by atoms with Crippen molar-refractivity contribution in [3.63, 3.8) is 0 Å². The van der Waals surface area contributed by atoms with E-state index in [9.17, 15) is 0 Å². The third-order valence-electron chi connectivity index (χ3n) is 18.5. The van der Waals surface area contributed by atoms with Crippen LogP contribution in [-0.2, 0) is 17.4 Å². The van der Waals surface area contributed by atoms with Crippen molar-refractivity contribution in [2.75, 3.05) is 0 Å². The molecule has 0 aromatic heterocycles. The number of hydrogen-bond donors (Lipinski definition) is 0. The first-order valence-corrected chi connectivity index (χ1v) is 50.0. The monoisotopic (exact) mass is 1160 g/mol. The second-order valence-electron chi connectivity index (χ2n) is 24.9. The predicted molar refractivity (Wildman–Crippen MR) is 361 cm³/mol. The molecule has 0 spiro atoms. The molecule has 0 saturated heterocycles. The summed E-state index contributed by atoms with van der Waals surface area (Å²) in [4.78, 5) is 0. The Bertz CT molecular complexity index is 828. The quantitative estimate of drug-likeness (QED) is 0.0421. The summed E-state index contributed by atoms with van der Waals surface area (Å²) < 4.78 is 0. The Hall–Kier alpha value is 1.83. The molecule has 0 aromatic carbocycles. The average Bonchev–Trinajstić information content (AvgIpc) is 3.33. The van der Waals surface area contributed by atoms with Crippen LogP contribution in [0.2, 0.25) is 109 Å². The largest absolute Gasteiger partial charge is 3.00 e. The van der Waals surface area contributed by atoms with Crippen molar-refractivity contribution in [3.8, 4) is 0 Å². The van der Waals surface area contributed by atoms with Crippen LogP contribution in [-0.4, -0.2) is 48.4 Å². The molecule has 0 rings (SSSR count). The summed E-state index contributed by atoms with van der Waals surface area (Å²) in [6, 6.07) is 28.7. The Balaban J connectivity index is -0.000000486. The summed E-state index contributed by atoms with van der Waals surface area (Å²) in [6.07, 6.45) is 34.3. The van der Waals surface area contributed by atoms with Gasteiger partial charge in [-0.15, -0.1) is 0 Å². The minimum absolute atomic E-state index is 0. The van der Waals surface area contributed by atoms with Gasteiger partial charge in [-0.25, -0.2) is 0 Å². The molecule has 0 aliphatic heterocycles. The van der Waals surface area contributed by atoms with E-state index in [4.69, 9.17) is 0 Å². The van der Waals surface area contributed by atoms with Crippen LogP contribution in [0.15, 0.2) is 0 Å². The molecule has 0 N–H and O–H groups in total. The van der Waals surface area contributed by atoms with Crippen molar-refractivity contribution in [2.45, 2.75) is 408 Å². The molecule has 0 heterocycles. The van der Waals surface area contributed by atoms with Crippen LogP contribution in [0.3, 0.4) is 0 Å². The van der Waals surface area contributed by atoms with E-state index >= 15 is 0 Å². The molecular weight excluding hydrogens is 1010 g/mol. The number of rotatable bonds is 48. The van der Waals surface area contributed by atoms with Gasteiger partial charge >= 0.3 is 17.4 Å².